The molecule has 3 rings (SSSR count). The molecule has 0 aliphatic heterocycles. The zero-order chi connectivity index (χ0) is 17.1. The second kappa shape index (κ2) is 7.25. The zero-order valence-electron chi connectivity index (χ0n) is 13.6. The van der Waals surface area contributed by atoms with Crippen LogP contribution in [0.4, 0.5) is 4.39 Å². The number of nitrogens with zero attached hydrogens (tertiary/aromatic N) is 2. The molecule has 1 atom stereocenters. The van der Waals surface area contributed by atoms with Crippen molar-refractivity contribution < 1.29 is 9.18 Å². The molecule has 128 valence electrons. The molecule has 2 N–H and O–H groups in total. The van der Waals surface area contributed by atoms with Crippen LogP contribution >= 0.6 is 12.2 Å². The maximum Gasteiger partial charge on any atom is 0.240 e. The number of hydrogen-bond acceptors (Lipinski definition) is 3. The Balaban J connectivity index is 1.73. The summed E-state index contributed by atoms with van der Waals surface area (Å²) in [5.74, 6) is 0.463. The SMILES string of the molecule is CCCc1n[nH]c(=S)n1CC(=O)N[C@@H]1CCCc2cc(F)ccc21. The lowest BCUT2D eigenvalue weighted by atomic mass is 9.87. The lowest BCUT2D eigenvalue weighted by Gasteiger charge is -2.26. The Morgan fingerprint density at radius 3 is 3.17 bits per heavy atom. The van der Waals surface area contributed by atoms with Crippen LogP contribution in [0.3, 0.4) is 0 Å². The number of carbonyl (C=O) groups is 1. The van der Waals surface area contributed by atoms with E-state index in [0.29, 0.717) is 4.77 Å². The lowest BCUT2D eigenvalue weighted by Crippen LogP contribution is -2.34. The summed E-state index contributed by atoms with van der Waals surface area (Å²) in [5, 5.41) is 9.98. The number of aromatic amines is 1. The van der Waals surface area contributed by atoms with E-state index < -0.39 is 0 Å². The van der Waals surface area contributed by atoms with Gasteiger partial charge in [-0.2, -0.15) is 5.10 Å². The van der Waals surface area contributed by atoms with Crippen LogP contribution in [0.1, 0.15) is 49.2 Å². The van der Waals surface area contributed by atoms with E-state index in [9.17, 15) is 9.18 Å². The Morgan fingerprint density at radius 2 is 2.38 bits per heavy atom. The van der Waals surface area contributed by atoms with Crippen LogP contribution in [0.2, 0.25) is 0 Å². The summed E-state index contributed by atoms with van der Waals surface area (Å²) in [6.45, 7) is 2.21. The van der Waals surface area contributed by atoms with Gasteiger partial charge in [0.1, 0.15) is 18.2 Å². The second-order valence-electron chi connectivity index (χ2n) is 6.14. The van der Waals surface area contributed by atoms with Crippen LogP contribution in [-0.2, 0) is 24.2 Å². The van der Waals surface area contributed by atoms with Crippen molar-refractivity contribution in [3.05, 3.63) is 45.7 Å². The molecule has 1 amide bonds. The molecule has 7 heteroatoms. The highest BCUT2D eigenvalue weighted by atomic mass is 32.1. The monoisotopic (exact) mass is 348 g/mol. The number of aryl methyl sites for hydroxylation is 2. The molecule has 1 heterocycles. The molecule has 0 bridgehead atoms. The van der Waals surface area contributed by atoms with Gasteiger partial charge in [0.15, 0.2) is 4.77 Å². The number of fused-ring (bicyclic) bond motifs is 1. The van der Waals surface area contributed by atoms with Crippen molar-refractivity contribution in [2.75, 3.05) is 0 Å². The van der Waals surface area contributed by atoms with Crippen molar-refractivity contribution >= 4 is 18.1 Å². The van der Waals surface area contributed by atoms with Gasteiger partial charge >= 0.3 is 0 Å². The van der Waals surface area contributed by atoms with Crippen LogP contribution in [0.5, 0.6) is 0 Å². The number of H-pyrrole nitrogens is 1. The van der Waals surface area contributed by atoms with Gasteiger partial charge in [-0.25, -0.2) is 4.39 Å². The van der Waals surface area contributed by atoms with Crippen molar-refractivity contribution in [2.45, 2.75) is 51.6 Å². The van der Waals surface area contributed by atoms with E-state index in [2.05, 4.69) is 22.4 Å². The maximum atomic E-state index is 13.4. The Morgan fingerprint density at radius 1 is 1.54 bits per heavy atom. The van der Waals surface area contributed by atoms with Gasteiger partial charge in [0.05, 0.1) is 6.04 Å². The number of aromatic nitrogens is 3. The molecule has 0 fully saturated rings. The molecule has 0 spiro atoms. The summed E-state index contributed by atoms with van der Waals surface area (Å²) in [6, 6.07) is 4.73. The summed E-state index contributed by atoms with van der Waals surface area (Å²) in [6.07, 6.45) is 4.36. The van der Waals surface area contributed by atoms with Gasteiger partial charge in [-0.15, -0.1) is 0 Å². The van der Waals surface area contributed by atoms with E-state index in [1.165, 1.54) is 6.07 Å². The van der Waals surface area contributed by atoms with Crippen LogP contribution in [0.25, 0.3) is 0 Å². The minimum Gasteiger partial charge on any atom is -0.348 e. The number of nitrogens with one attached hydrogen (secondary N) is 2. The molecule has 2 aromatic rings. The predicted molar refractivity (Wildman–Crippen MR) is 91.6 cm³/mol. The number of rotatable bonds is 5. The largest absolute Gasteiger partial charge is 0.348 e. The normalized spacial score (nSPS) is 16.7. The molecule has 1 aromatic carbocycles. The van der Waals surface area contributed by atoms with Gasteiger partial charge in [0.25, 0.3) is 0 Å². The van der Waals surface area contributed by atoms with Gasteiger partial charge in [-0.1, -0.05) is 13.0 Å². The molecule has 0 saturated carbocycles. The molecule has 1 aromatic heterocycles. The number of carbonyl (C=O) groups excluding carboxylic acids is 1. The molecular formula is C17H21FN4OS. The first-order chi connectivity index (χ1) is 11.6. The van der Waals surface area contributed by atoms with E-state index in [4.69, 9.17) is 12.2 Å². The lowest BCUT2D eigenvalue weighted by molar-refractivity contribution is -0.122. The fraction of sp³-hybridized carbons (Fsp3) is 0.471. The van der Waals surface area contributed by atoms with E-state index >= 15 is 0 Å². The van der Waals surface area contributed by atoms with Crippen LogP contribution in [-0.4, -0.2) is 20.7 Å². The fourth-order valence-corrected chi connectivity index (χ4v) is 3.46. The molecule has 0 unspecified atom stereocenters. The van der Waals surface area contributed by atoms with Crippen LogP contribution in [0, 0.1) is 10.6 Å². The van der Waals surface area contributed by atoms with E-state index in [-0.39, 0.29) is 24.3 Å². The second-order valence-corrected chi connectivity index (χ2v) is 6.52. The highest BCUT2D eigenvalue weighted by Crippen LogP contribution is 2.30. The van der Waals surface area contributed by atoms with Crippen molar-refractivity contribution in [3.63, 3.8) is 0 Å². The van der Waals surface area contributed by atoms with E-state index in [1.54, 1.807) is 16.7 Å². The summed E-state index contributed by atoms with van der Waals surface area (Å²) >= 11 is 5.21. The summed E-state index contributed by atoms with van der Waals surface area (Å²) in [4.78, 5) is 12.5. The van der Waals surface area contributed by atoms with Gasteiger partial charge in [0, 0.05) is 6.42 Å². The summed E-state index contributed by atoms with van der Waals surface area (Å²) in [5.41, 5.74) is 2.00. The standard InChI is InChI=1S/C17H21FN4OS/c1-2-4-15-20-21-17(24)22(15)10-16(23)19-14-6-3-5-11-9-12(18)7-8-13(11)14/h7-9,14H,2-6,10H2,1H3,(H,19,23)(H,21,24)/t14-/m1/s1. The number of benzene rings is 1. The first kappa shape index (κ1) is 16.8. The average Bonchev–Trinajstić information content (AvgIpc) is 2.88. The summed E-state index contributed by atoms with van der Waals surface area (Å²) < 4.78 is 15.6. The predicted octanol–water partition coefficient (Wildman–Crippen LogP) is 3.23. The molecule has 1 aliphatic carbocycles. The van der Waals surface area contributed by atoms with Crippen molar-refractivity contribution in [2.24, 2.45) is 0 Å². The highest BCUT2D eigenvalue weighted by Gasteiger charge is 2.22. The Hall–Kier alpha value is -2.02. The Kier molecular flexibility index (Phi) is 5.08. The fourth-order valence-electron chi connectivity index (χ4n) is 3.24. The molecule has 24 heavy (non-hydrogen) atoms. The minimum absolute atomic E-state index is 0.0717. The average molecular weight is 348 g/mol. The third-order valence-electron chi connectivity index (χ3n) is 4.37. The van der Waals surface area contributed by atoms with Gasteiger partial charge in [-0.3, -0.25) is 14.5 Å². The van der Waals surface area contributed by atoms with E-state index in [0.717, 1.165) is 49.1 Å². The van der Waals surface area contributed by atoms with Crippen LogP contribution in [0.15, 0.2) is 18.2 Å². The highest BCUT2D eigenvalue weighted by molar-refractivity contribution is 7.71. The van der Waals surface area contributed by atoms with Gasteiger partial charge < -0.3 is 5.32 Å². The maximum absolute atomic E-state index is 13.4. The first-order valence-corrected chi connectivity index (χ1v) is 8.71. The van der Waals surface area contributed by atoms with Crippen molar-refractivity contribution in [1.29, 1.82) is 0 Å². The molecule has 0 radical (unpaired) electrons. The van der Waals surface area contributed by atoms with Crippen molar-refractivity contribution in [3.8, 4) is 0 Å². The molecule has 1 aliphatic rings. The number of hydrogen-bond donors (Lipinski definition) is 2. The Bertz CT molecular complexity index is 798. The first-order valence-electron chi connectivity index (χ1n) is 8.30. The van der Waals surface area contributed by atoms with Gasteiger partial charge in [0.2, 0.25) is 5.91 Å². The Labute approximate surface area is 145 Å². The quantitative estimate of drug-likeness (QED) is 0.816. The zero-order valence-corrected chi connectivity index (χ0v) is 14.5. The third kappa shape index (κ3) is 3.56. The molecule has 0 saturated heterocycles. The third-order valence-corrected chi connectivity index (χ3v) is 4.68. The topological polar surface area (TPSA) is 62.7 Å². The van der Waals surface area contributed by atoms with Crippen molar-refractivity contribution in [1.82, 2.24) is 20.1 Å². The molecular weight excluding hydrogens is 327 g/mol. The minimum atomic E-state index is -0.227. The molecule has 5 nitrogen and oxygen atoms in total. The summed E-state index contributed by atoms with van der Waals surface area (Å²) in [7, 11) is 0. The number of halogens is 1. The smallest absolute Gasteiger partial charge is 0.240 e. The number of amides is 1. The van der Waals surface area contributed by atoms with Crippen LogP contribution < -0.4 is 5.32 Å². The van der Waals surface area contributed by atoms with E-state index in [1.807, 2.05) is 0 Å². The van der Waals surface area contributed by atoms with Gasteiger partial charge in [-0.05, 0) is 61.2 Å².